The number of hydrogen-bond acceptors (Lipinski definition) is 2. The molecule has 0 N–H and O–H groups in total. The second kappa shape index (κ2) is 3.33. The molecule has 0 unspecified atom stereocenters. The molecule has 3 rings (SSSR count). The zero-order chi connectivity index (χ0) is 11.1. The number of benzene rings is 1. The summed E-state index contributed by atoms with van der Waals surface area (Å²) in [6.45, 7) is 0. The van der Waals surface area contributed by atoms with Crippen LogP contribution in [0.5, 0.6) is 0 Å². The maximum absolute atomic E-state index is 10.7. The van der Waals surface area contributed by atoms with E-state index < -0.39 is 0 Å². The van der Waals surface area contributed by atoms with E-state index in [2.05, 4.69) is 4.57 Å². The van der Waals surface area contributed by atoms with Crippen LogP contribution in [0.25, 0.3) is 10.9 Å². The van der Waals surface area contributed by atoms with E-state index in [0.29, 0.717) is 6.04 Å². The summed E-state index contributed by atoms with van der Waals surface area (Å²) in [6, 6.07) is 7.63. The predicted octanol–water partition coefficient (Wildman–Crippen LogP) is 3.27. The van der Waals surface area contributed by atoms with E-state index in [1.54, 1.807) is 12.1 Å². The summed E-state index contributed by atoms with van der Waals surface area (Å²) in [5, 5.41) is 11.8. The topological polar surface area (TPSA) is 48.1 Å². The van der Waals surface area contributed by atoms with Gasteiger partial charge in [0.05, 0.1) is 10.4 Å². The smallest absolute Gasteiger partial charge is 0.271 e. The van der Waals surface area contributed by atoms with Crippen molar-refractivity contribution in [3.05, 3.63) is 40.6 Å². The normalized spacial score (nSPS) is 16.2. The minimum atomic E-state index is -0.336. The summed E-state index contributed by atoms with van der Waals surface area (Å²) in [7, 11) is 0. The first-order chi connectivity index (χ1) is 7.75. The average Bonchev–Trinajstić information content (AvgIpc) is 2.59. The Balaban J connectivity index is 2.15. The molecule has 1 heterocycles. The van der Waals surface area contributed by atoms with Crippen LogP contribution in [-0.2, 0) is 0 Å². The molecule has 0 atom stereocenters. The molecule has 0 bridgehead atoms. The molecular formula is C12H12N2O2. The van der Waals surface area contributed by atoms with E-state index in [-0.39, 0.29) is 10.6 Å². The van der Waals surface area contributed by atoms with Crippen LogP contribution in [0.2, 0.25) is 0 Å². The number of non-ortho nitro benzene ring substituents is 1. The van der Waals surface area contributed by atoms with E-state index in [1.807, 2.05) is 18.3 Å². The highest BCUT2D eigenvalue weighted by molar-refractivity contribution is 5.82. The molecule has 2 aromatic rings. The summed E-state index contributed by atoms with van der Waals surface area (Å²) in [5.74, 6) is 0. The summed E-state index contributed by atoms with van der Waals surface area (Å²) >= 11 is 0. The summed E-state index contributed by atoms with van der Waals surface area (Å²) < 4.78 is 2.17. The number of hydrogen-bond donors (Lipinski definition) is 0. The molecule has 16 heavy (non-hydrogen) atoms. The van der Waals surface area contributed by atoms with Crippen molar-refractivity contribution in [1.29, 1.82) is 0 Å². The van der Waals surface area contributed by atoms with Crippen molar-refractivity contribution in [2.75, 3.05) is 0 Å². The van der Waals surface area contributed by atoms with Gasteiger partial charge in [-0.25, -0.2) is 0 Å². The Morgan fingerprint density at radius 3 is 2.75 bits per heavy atom. The van der Waals surface area contributed by atoms with Crippen LogP contribution in [0.4, 0.5) is 5.69 Å². The van der Waals surface area contributed by atoms with Gasteiger partial charge in [0.15, 0.2) is 0 Å². The summed E-state index contributed by atoms with van der Waals surface area (Å²) in [6.07, 6.45) is 5.68. The molecule has 1 aliphatic carbocycles. The van der Waals surface area contributed by atoms with Gasteiger partial charge in [-0.1, -0.05) is 0 Å². The SMILES string of the molecule is O=[N+]([O-])c1ccc2ccn(C3CCC3)c2c1. The number of nitro benzene ring substituents is 1. The highest BCUT2D eigenvalue weighted by Gasteiger charge is 2.21. The average molecular weight is 216 g/mol. The van der Waals surface area contributed by atoms with Gasteiger partial charge in [0.25, 0.3) is 5.69 Å². The molecule has 82 valence electrons. The van der Waals surface area contributed by atoms with Crippen molar-refractivity contribution >= 4 is 16.6 Å². The first-order valence-electron chi connectivity index (χ1n) is 5.51. The predicted molar refractivity (Wildman–Crippen MR) is 61.5 cm³/mol. The minimum Gasteiger partial charge on any atom is -0.344 e. The standard InChI is InChI=1S/C12H12N2O2/c15-14(16)11-5-4-9-6-7-13(12(9)8-11)10-2-1-3-10/h4-8,10H,1-3H2. The Kier molecular flexibility index (Phi) is 1.96. The molecule has 4 nitrogen and oxygen atoms in total. The highest BCUT2D eigenvalue weighted by atomic mass is 16.6. The van der Waals surface area contributed by atoms with Gasteiger partial charge in [0, 0.05) is 29.8 Å². The Labute approximate surface area is 92.6 Å². The molecule has 1 saturated carbocycles. The molecule has 0 aliphatic heterocycles. The third kappa shape index (κ3) is 1.30. The lowest BCUT2D eigenvalue weighted by atomic mass is 9.93. The Morgan fingerprint density at radius 2 is 2.12 bits per heavy atom. The van der Waals surface area contributed by atoms with Gasteiger partial charge < -0.3 is 4.57 Å². The van der Waals surface area contributed by atoms with Crippen LogP contribution in [-0.4, -0.2) is 9.49 Å². The van der Waals surface area contributed by atoms with Crippen molar-refractivity contribution < 1.29 is 4.92 Å². The molecule has 1 aliphatic rings. The van der Waals surface area contributed by atoms with Crippen molar-refractivity contribution in [2.24, 2.45) is 0 Å². The maximum atomic E-state index is 10.7. The van der Waals surface area contributed by atoms with Gasteiger partial charge in [-0.05, 0) is 31.4 Å². The number of rotatable bonds is 2. The summed E-state index contributed by atoms with van der Waals surface area (Å²) in [5.41, 5.74) is 1.16. The first kappa shape index (κ1) is 9.39. The molecule has 0 spiro atoms. The van der Waals surface area contributed by atoms with E-state index in [0.717, 1.165) is 10.9 Å². The zero-order valence-corrected chi connectivity index (χ0v) is 8.80. The number of aromatic nitrogens is 1. The van der Waals surface area contributed by atoms with E-state index >= 15 is 0 Å². The van der Waals surface area contributed by atoms with E-state index in [4.69, 9.17) is 0 Å². The molecule has 0 saturated heterocycles. The molecule has 1 aromatic heterocycles. The molecular weight excluding hydrogens is 204 g/mol. The van der Waals surface area contributed by atoms with Crippen molar-refractivity contribution in [1.82, 2.24) is 4.57 Å². The molecule has 0 radical (unpaired) electrons. The lowest BCUT2D eigenvalue weighted by Crippen LogP contribution is -2.15. The first-order valence-corrected chi connectivity index (χ1v) is 5.51. The van der Waals surface area contributed by atoms with Gasteiger partial charge in [-0.3, -0.25) is 10.1 Å². The van der Waals surface area contributed by atoms with Gasteiger partial charge in [-0.15, -0.1) is 0 Å². The van der Waals surface area contributed by atoms with Gasteiger partial charge >= 0.3 is 0 Å². The van der Waals surface area contributed by atoms with Crippen LogP contribution in [0.3, 0.4) is 0 Å². The van der Waals surface area contributed by atoms with Gasteiger partial charge in [0.1, 0.15) is 0 Å². The zero-order valence-electron chi connectivity index (χ0n) is 8.80. The molecule has 1 fully saturated rings. The van der Waals surface area contributed by atoms with Crippen molar-refractivity contribution in [3.63, 3.8) is 0 Å². The van der Waals surface area contributed by atoms with Gasteiger partial charge in [0.2, 0.25) is 0 Å². The minimum absolute atomic E-state index is 0.173. The molecule has 0 amide bonds. The number of fused-ring (bicyclic) bond motifs is 1. The second-order valence-electron chi connectivity index (χ2n) is 4.31. The second-order valence-corrected chi connectivity index (χ2v) is 4.31. The monoisotopic (exact) mass is 216 g/mol. The number of nitro groups is 1. The van der Waals surface area contributed by atoms with Crippen LogP contribution < -0.4 is 0 Å². The van der Waals surface area contributed by atoms with Crippen LogP contribution >= 0.6 is 0 Å². The van der Waals surface area contributed by atoms with Gasteiger partial charge in [-0.2, -0.15) is 0 Å². The van der Waals surface area contributed by atoms with Crippen molar-refractivity contribution in [2.45, 2.75) is 25.3 Å². The molecule has 4 heteroatoms. The highest BCUT2D eigenvalue weighted by Crippen LogP contribution is 2.35. The third-order valence-electron chi connectivity index (χ3n) is 3.39. The number of nitrogens with zero attached hydrogens (tertiary/aromatic N) is 2. The maximum Gasteiger partial charge on any atom is 0.271 e. The van der Waals surface area contributed by atoms with Crippen LogP contribution in [0.15, 0.2) is 30.5 Å². The largest absolute Gasteiger partial charge is 0.344 e. The Bertz CT molecular complexity index is 555. The third-order valence-corrected chi connectivity index (χ3v) is 3.39. The lowest BCUT2D eigenvalue weighted by molar-refractivity contribution is -0.384. The Morgan fingerprint density at radius 1 is 1.31 bits per heavy atom. The quantitative estimate of drug-likeness (QED) is 0.571. The van der Waals surface area contributed by atoms with Crippen molar-refractivity contribution in [3.8, 4) is 0 Å². The van der Waals surface area contributed by atoms with Crippen LogP contribution in [0, 0.1) is 10.1 Å². The lowest BCUT2D eigenvalue weighted by Gasteiger charge is -2.27. The Hall–Kier alpha value is -1.84. The fourth-order valence-corrected chi connectivity index (χ4v) is 2.23. The van der Waals surface area contributed by atoms with Crippen LogP contribution in [0.1, 0.15) is 25.3 Å². The fourth-order valence-electron chi connectivity index (χ4n) is 2.23. The van der Waals surface area contributed by atoms with E-state index in [1.165, 1.54) is 19.3 Å². The van der Waals surface area contributed by atoms with E-state index in [9.17, 15) is 10.1 Å². The summed E-state index contributed by atoms with van der Waals surface area (Å²) in [4.78, 5) is 10.4. The molecule has 1 aromatic carbocycles. The fraction of sp³-hybridized carbons (Fsp3) is 0.333.